The molecule has 0 amide bonds. The van der Waals surface area contributed by atoms with Crippen molar-refractivity contribution < 1.29 is 23.2 Å². The van der Waals surface area contributed by atoms with E-state index in [9.17, 15) is 9.59 Å². The molecule has 1 heterocycles. The van der Waals surface area contributed by atoms with Gasteiger partial charge in [-0.15, -0.1) is 0 Å². The fourth-order valence-corrected chi connectivity index (χ4v) is 4.60. The molecule has 6 nitrogen and oxygen atoms in total. The van der Waals surface area contributed by atoms with E-state index in [0.29, 0.717) is 6.54 Å². The van der Waals surface area contributed by atoms with Crippen molar-refractivity contribution in [2.75, 3.05) is 20.1 Å². The number of likely N-dealkylation sites (tertiary alicyclic amines) is 1. The van der Waals surface area contributed by atoms with Crippen molar-refractivity contribution in [3.63, 3.8) is 0 Å². The van der Waals surface area contributed by atoms with Crippen LogP contribution >= 0.6 is 12.0 Å². The third-order valence-electron chi connectivity index (χ3n) is 5.54. The Balaban J connectivity index is 1.84. The molecule has 2 aromatic rings. The van der Waals surface area contributed by atoms with Gasteiger partial charge in [-0.1, -0.05) is 48.5 Å². The number of carbonyl (C=O) groups excluding carboxylic acids is 2. The van der Waals surface area contributed by atoms with Gasteiger partial charge in [0.1, 0.15) is 5.60 Å². The van der Waals surface area contributed by atoms with Gasteiger partial charge in [0.15, 0.2) is 0 Å². The summed E-state index contributed by atoms with van der Waals surface area (Å²) in [6.45, 7) is 7.13. The maximum Gasteiger partial charge on any atom is 0.312 e. The molecule has 3 unspecified atom stereocenters. The molecule has 0 radical (unpaired) electrons. The van der Waals surface area contributed by atoms with Gasteiger partial charge in [-0.2, -0.15) is 0 Å². The Morgan fingerprint density at radius 1 is 1.06 bits per heavy atom. The van der Waals surface area contributed by atoms with E-state index in [-0.39, 0.29) is 24.3 Å². The van der Waals surface area contributed by atoms with E-state index < -0.39 is 17.8 Å². The lowest BCUT2D eigenvalue weighted by Crippen LogP contribution is -2.39. The molecule has 1 saturated heterocycles. The predicted octanol–water partition coefficient (Wildman–Crippen LogP) is 5.44. The molecule has 1 fully saturated rings. The maximum atomic E-state index is 13.2. The van der Waals surface area contributed by atoms with Crippen molar-refractivity contribution in [2.45, 2.75) is 62.7 Å². The van der Waals surface area contributed by atoms with Gasteiger partial charge < -0.3 is 14.4 Å². The summed E-state index contributed by atoms with van der Waals surface area (Å²) in [5.74, 6) is -1.40. The van der Waals surface area contributed by atoms with Gasteiger partial charge in [0.25, 0.3) is 0 Å². The smallest absolute Gasteiger partial charge is 0.312 e. The van der Waals surface area contributed by atoms with Gasteiger partial charge in [-0.3, -0.25) is 13.8 Å². The van der Waals surface area contributed by atoms with Crippen LogP contribution < -0.4 is 0 Å². The Hall–Kier alpha value is -2.35. The van der Waals surface area contributed by atoms with Crippen LogP contribution in [0, 0.1) is 5.92 Å². The second-order valence-corrected chi connectivity index (χ2v) is 10.5. The first-order valence-corrected chi connectivity index (χ1v) is 12.5. The average molecular weight is 486 g/mol. The van der Waals surface area contributed by atoms with Crippen molar-refractivity contribution in [3.05, 3.63) is 66.2 Å². The molecule has 0 aromatic heterocycles. The van der Waals surface area contributed by atoms with Gasteiger partial charge in [-0.05, 0) is 64.9 Å². The largest absolute Gasteiger partial charge is 0.460 e. The van der Waals surface area contributed by atoms with Crippen LogP contribution in [0.4, 0.5) is 0 Å². The summed E-state index contributed by atoms with van der Waals surface area (Å²) in [7, 11) is 2.01. The van der Waals surface area contributed by atoms with Crippen LogP contribution in [0.5, 0.6) is 0 Å². The van der Waals surface area contributed by atoms with Crippen molar-refractivity contribution in [1.82, 2.24) is 4.90 Å². The van der Waals surface area contributed by atoms with E-state index in [1.807, 2.05) is 88.5 Å². The van der Waals surface area contributed by atoms with Gasteiger partial charge in [0.05, 0.1) is 18.3 Å². The van der Waals surface area contributed by atoms with Crippen LogP contribution in [0.2, 0.25) is 0 Å². The third-order valence-corrected chi connectivity index (χ3v) is 6.29. The molecule has 0 saturated carbocycles. The molecule has 0 bridgehead atoms. The zero-order valence-electron chi connectivity index (χ0n) is 20.4. The number of carbonyl (C=O) groups is 2. The Morgan fingerprint density at radius 2 is 1.71 bits per heavy atom. The number of hydrogen-bond acceptors (Lipinski definition) is 7. The van der Waals surface area contributed by atoms with Crippen LogP contribution in [0.3, 0.4) is 0 Å². The monoisotopic (exact) mass is 485 g/mol. The Morgan fingerprint density at radius 3 is 2.32 bits per heavy atom. The molecule has 2 aromatic carbocycles. The molecule has 7 heteroatoms. The number of benzene rings is 2. The summed E-state index contributed by atoms with van der Waals surface area (Å²) in [4.78, 5) is 29.0. The summed E-state index contributed by atoms with van der Waals surface area (Å²) < 4.78 is 17.7. The Bertz CT molecular complexity index is 916. The maximum absolute atomic E-state index is 13.2. The highest BCUT2D eigenvalue weighted by molar-refractivity contribution is 7.94. The van der Waals surface area contributed by atoms with Crippen molar-refractivity contribution in [2.24, 2.45) is 5.92 Å². The summed E-state index contributed by atoms with van der Waals surface area (Å²) in [6.07, 6.45) is 0.795. The molecule has 0 aliphatic carbocycles. The summed E-state index contributed by atoms with van der Waals surface area (Å²) in [5.41, 5.74) is 0.233. The first-order valence-electron chi connectivity index (χ1n) is 11.8. The summed E-state index contributed by atoms with van der Waals surface area (Å²) in [6, 6.07) is 19.1. The van der Waals surface area contributed by atoms with Crippen molar-refractivity contribution in [3.8, 4) is 0 Å². The number of piperidine rings is 1. The van der Waals surface area contributed by atoms with Crippen LogP contribution in [0.15, 0.2) is 65.6 Å². The quantitative estimate of drug-likeness (QED) is 0.266. The normalized spacial score (nSPS) is 18.6. The molecule has 1 aliphatic rings. The predicted molar refractivity (Wildman–Crippen MR) is 133 cm³/mol. The highest BCUT2D eigenvalue weighted by Crippen LogP contribution is 2.33. The lowest BCUT2D eigenvalue weighted by atomic mass is 9.94. The highest BCUT2D eigenvalue weighted by Gasteiger charge is 2.35. The lowest BCUT2D eigenvalue weighted by Gasteiger charge is -2.31. The van der Waals surface area contributed by atoms with Crippen LogP contribution in [-0.2, 0) is 23.2 Å². The van der Waals surface area contributed by atoms with Gasteiger partial charge in [0, 0.05) is 23.5 Å². The number of esters is 2. The minimum Gasteiger partial charge on any atom is -0.460 e. The molecule has 1 aliphatic heterocycles. The fourth-order valence-electron chi connectivity index (χ4n) is 3.95. The Labute approximate surface area is 207 Å². The third kappa shape index (κ3) is 8.46. The van der Waals surface area contributed by atoms with Crippen LogP contribution in [-0.4, -0.2) is 48.9 Å². The number of ether oxygens (including phenoxy) is 2. The fraction of sp³-hybridized carbons (Fsp3) is 0.481. The minimum absolute atomic E-state index is 0.0269. The van der Waals surface area contributed by atoms with Crippen LogP contribution in [0.1, 0.15) is 51.5 Å². The molecule has 184 valence electrons. The number of nitrogens with zero attached hydrogens (tertiary/aromatic N) is 1. The average Bonchev–Trinajstić information content (AvgIpc) is 2.80. The number of hydrogen-bond donors (Lipinski definition) is 0. The van der Waals surface area contributed by atoms with Crippen LogP contribution in [0.25, 0.3) is 0 Å². The number of rotatable bonds is 9. The van der Waals surface area contributed by atoms with E-state index >= 15 is 0 Å². The minimum atomic E-state index is -0.958. The van der Waals surface area contributed by atoms with E-state index in [0.717, 1.165) is 41.9 Å². The first kappa shape index (κ1) is 26.3. The van der Waals surface area contributed by atoms with E-state index in [2.05, 4.69) is 4.90 Å². The van der Waals surface area contributed by atoms with E-state index in [1.54, 1.807) is 0 Å². The summed E-state index contributed by atoms with van der Waals surface area (Å²) >= 11 is 1.14. The van der Waals surface area contributed by atoms with Gasteiger partial charge in [-0.25, -0.2) is 0 Å². The molecule has 3 rings (SSSR count). The van der Waals surface area contributed by atoms with Gasteiger partial charge in [0.2, 0.25) is 6.29 Å². The molecule has 0 N–H and O–H groups in total. The Kier molecular flexibility index (Phi) is 9.56. The molecular formula is C27H35NO5S. The second kappa shape index (κ2) is 12.4. The van der Waals surface area contributed by atoms with Gasteiger partial charge >= 0.3 is 11.9 Å². The zero-order chi connectivity index (χ0) is 24.6. The van der Waals surface area contributed by atoms with E-state index in [1.165, 1.54) is 0 Å². The molecule has 3 atom stereocenters. The lowest BCUT2D eigenvalue weighted by molar-refractivity contribution is -0.175. The highest BCUT2D eigenvalue weighted by atomic mass is 32.2. The van der Waals surface area contributed by atoms with E-state index in [4.69, 9.17) is 13.7 Å². The second-order valence-electron chi connectivity index (χ2n) is 9.71. The molecular weight excluding hydrogens is 450 g/mol. The first-order chi connectivity index (χ1) is 16.2. The molecule has 0 spiro atoms. The standard InChI is InChI=1S/C27H35NO5S/c1-27(2,3)32-24(29)18-23(20-12-7-5-8-13-20)26(33-34-22-15-9-6-10-16-22)31-25(30)21-14-11-17-28(4)19-21/h5-10,12-13,15-16,21,23,26H,11,14,17-19H2,1-4H3. The van der Waals surface area contributed by atoms with Crippen molar-refractivity contribution >= 4 is 24.0 Å². The molecule has 34 heavy (non-hydrogen) atoms. The summed E-state index contributed by atoms with van der Waals surface area (Å²) in [5, 5.41) is 0. The van der Waals surface area contributed by atoms with Crippen molar-refractivity contribution in [1.29, 1.82) is 0 Å². The topological polar surface area (TPSA) is 65.1 Å². The zero-order valence-corrected chi connectivity index (χ0v) is 21.3. The SMILES string of the molecule is CN1CCCC(C(=O)OC(OSc2ccccc2)C(CC(=O)OC(C)(C)C)c2ccccc2)C1.